The zero-order valence-electron chi connectivity index (χ0n) is 11.0. The number of carboxylic acids is 1. The highest BCUT2D eigenvalue weighted by Crippen LogP contribution is 2.30. The number of benzene rings is 1. The lowest BCUT2D eigenvalue weighted by Gasteiger charge is -2.15. The van der Waals surface area contributed by atoms with Gasteiger partial charge >= 0.3 is 5.97 Å². The third-order valence-electron chi connectivity index (χ3n) is 3.09. The van der Waals surface area contributed by atoms with Crippen molar-refractivity contribution in [3.05, 3.63) is 30.3 Å². The van der Waals surface area contributed by atoms with Crippen molar-refractivity contribution in [1.82, 2.24) is 0 Å². The van der Waals surface area contributed by atoms with Crippen LogP contribution in [-0.4, -0.2) is 33.9 Å². The largest absolute Gasteiger partial charge is 0.481 e. The Bertz CT molecular complexity index is 531. The van der Waals surface area contributed by atoms with Crippen LogP contribution < -0.4 is 4.90 Å². The number of thioether (sulfide) groups is 1. The fraction of sp³-hybridized carbons (Fsp3) is 0.357. The molecular weight excluding hydrogens is 278 g/mol. The molecule has 1 aromatic rings. The van der Waals surface area contributed by atoms with E-state index in [4.69, 9.17) is 5.11 Å². The number of imide groups is 1. The standard InChI is InChI=1S/C14H15NO4S/c1-9(14(18)19)8-20-11-7-12(16)15(13(11)17)10-5-3-2-4-6-10/h2-6,9,11H,7-8H2,1H3,(H,18,19). The Morgan fingerprint density at radius 2 is 2.05 bits per heavy atom. The average Bonchev–Trinajstić information content (AvgIpc) is 2.71. The second-order valence-electron chi connectivity index (χ2n) is 4.67. The number of hydrogen-bond donors (Lipinski definition) is 1. The maximum Gasteiger partial charge on any atom is 0.307 e. The van der Waals surface area contributed by atoms with E-state index in [1.807, 2.05) is 6.07 Å². The molecule has 2 amide bonds. The molecule has 1 N–H and O–H groups in total. The van der Waals surface area contributed by atoms with Gasteiger partial charge in [-0.25, -0.2) is 4.90 Å². The van der Waals surface area contributed by atoms with Crippen LogP contribution in [0.5, 0.6) is 0 Å². The second kappa shape index (κ2) is 6.09. The molecule has 106 valence electrons. The number of nitrogens with zero attached hydrogens (tertiary/aromatic N) is 1. The van der Waals surface area contributed by atoms with E-state index in [1.165, 1.54) is 16.7 Å². The Morgan fingerprint density at radius 1 is 1.40 bits per heavy atom. The first-order valence-electron chi connectivity index (χ1n) is 6.27. The first kappa shape index (κ1) is 14.6. The van der Waals surface area contributed by atoms with Crippen LogP contribution in [0, 0.1) is 5.92 Å². The number of rotatable bonds is 5. The molecule has 0 bridgehead atoms. The number of carbonyl (C=O) groups excluding carboxylic acids is 2. The zero-order chi connectivity index (χ0) is 14.7. The maximum absolute atomic E-state index is 12.2. The van der Waals surface area contributed by atoms with E-state index in [1.54, 1.807) is 31.2 Å². The third kappa shape index (κ3) is 3.01. The zero-order valence-corrected chi connectivity index (χ0v) is 11.8. The smallest absolute Gasteiger partial charge is 0.307 e. The van der Waals surface area contributed by atoms with Crippen LogP contribution >= 0.6 is 11.8 Å². The fourth-order valence-electron chi connectivity index (χ4n) is 1.91. The summed E-state index contributed by atoms with van der Waals surface area (Å²) in [5.74, 6) is -1.60. The van der Waals surface area contributed by atoms with Crippen LogP contribution in [0.2, 0.25) is 0 Å². The molecule has 1 aliphatic heterocycles. The molecule has 1 saturated heterocycles. The minimum atomic E-state index is -0.894. The molecule has 20 heavy (non-hydrogen) atoms. The number of para-hydroxylation sites is 1. The number of anilines is 1. The Kier molecular flexibility index (Phi) is 4.44. The van der Waals surface area contributed by atoms with Gasteiger partial charge in [0.1, 0.15) is 0 Å². The quantitative estimate of drug-likeness (QED) is 0.837. The van der Waals surface area contributed by atoms with Crippen molar-refractivity contribution in [2.24, 2.45) is 5.92 Å². The molecule has 2 atom stereocenters. The van der Waals surface area contributed by atoms with Crippen LogP contribution in [0.25, 0.3) is 0 Å². The van der Waals surface area contributed by atoms with Crippen LogP contribution in [0.15, 0.2) is 30.3 Å². The molecule has 1 heterocycles. The lowest BCUT2D eigenvalue weighted by atomic mass is 10.2. The number of carboxylic acid groups (broad SMARTS) is 1. The maximum atomic E-state index is 12.2. The summed E-state index contributed by atoms with van der Waals surface area (Å²) in [5.41, 5.74) is 0.567. The van der Waals surface area contributed by atoms with E-state index >= 15 is 0 Å². The van der Waals surface area contributed by atoms with Crippen molar-refractivity contribution in [2.75, 3.05) is 10.7 Å². The third-order valence-corrected chi connectivity index (χ3v) is 4.55. The number of carbonyl (C=O) groups is 3. The second-order valence-corrected chi connectivity index (χ2v) is 5.90. The molecule has 2 unspecified atom stereocenters. The van der Waals surface area contributed by atoms with E-state index in [0.717, 1.165) is 0 Å². The van der Waals surface area contributed by atoms with Gasteiger partial charge in [-0.3, -0.25) is 14.4 Å². The molecule has 1 fully saturated rings. The molecule has 5 nitrogen and oxygen atoms in total. The molecule has 1 aliphatic rings. The van der Waals surface area contributed by atoms with Gasteiger partial charge < -0.3 is 5.11 Å². The Morgan fingerprint density at radius 3 is 2.65 bits per heavy atom. The predicted molar refractivity (Wildman–Crippen MR) is 76.6 cm³/mol. The topological polar surface area (TPSA) is 74.7 Å². The molecule has 0 saturated carbocycles. The van der Waals surface area contributed by atoms with E-state index in [9.17, 15) is 14.4 Å². The summed E-state index contributed by atoms with van der Waals surface area (Å²) in [7, 11) is 0. The minimum absolute atomic E-state index is 0.130. The van der Waals surface area contributed by atoms with E-state index in [2.05, 4.69) is 0 Å². The lowest BCUT2D eigenvalue weighted by Crippen LogP contribution is -2.31. The first-order valence-corrected chi connectivity index (χ1v) is 7.32. The summed E-state index contributed by atoms with van der Waals surface area (Å²) in [6, 6.07) is 8.77. The van der Waals surface area contributed by atoms with Crippen molar-refractivity contribution in [3.63, 3.8) is 0 Å². The Balaban J connectivity index is 2.04. The molecule has 1 aromatic carbocycles. The average molecular weight is 293 g/mol. The summed E-state index contributed by atoms with van der Waals surface area (Å²) < 4.78 is 0. The first-order chi connectivity index (χ1) is 9.50. The summed E-state index contributed by atoms with van der Waals surface area (Å²) in [5, 5.41) is 8.35. The van der Waals surface area contributed by atoms with Gasteiger partial charge in [-0.15, -0.1) is 11.8 Å². The normalized spacial score (nSPS) is 20.2. The monoisotopic (exact) mass is 293 g/mol. The van der Waals surface area contributed by atoms with Crippen molar-refractivity contribution >= 4 is 35.2 Å². The van der Waals surface area contributed by atoms with Crippen molar-refractivity contribution in [2.45, 2.75) is 18.6 Å². The molecule has 0 spiro atoms. The number of aliphatic carboxylic acids is 1. The van der Waals surface area contributed by atoms with E-state index in [-0.39, 0.29) is 18.2 Å². The SMILES string of the molecule is CC(CSC1CC(=O)N(c2ccccc2)C1=O)C(=O)O. The molecule has 0 radical (unpaired) electrons. The summed E-state index contributed by atoms with van der Waals surface area (Å²) in [6.45, 7) is 1.59. The van der Waals surface area contributed by atoms with Crippen LogP contribution in [0.4, 0.5) is 5.69 Å². The van der Waals surface area contributed by atoms with Gasteiger partial charge in [0.15, 0.2) is 0 Å². The highest BCUT2D eigenvalue weighted by Gasteiger charge is 2.39. The van der Waals surface area contributed by atoms with Gasteiger partial charge in [-0.1, -0.05) is 25.1 Å². The van der Waals surface area contributed by atoms with Gasteiger partial charge in [0.05, 0.1) is 16.9 Å². The molecular formula is C14H15NO4S. The Labute approximate surface area is 121 Å². The van der Waals surface area contributed by atoms with Crippen molar-refractivity contribution in [3.8, 4) is 0 Å². The molecule has 2 rings (SSSR count). The van der Waals surface area contributed by atoms with Gasteiger partial charge in [0, 0.05) is 12.2 Å². The van der Waals surface area contributed by atoms with Gasteiger partial charge in [-0.2, -0.15) is 0 Å². The summed E-state index contributed by atoms with van der Waals surface area (Å²) in [6.07, 6.45) is 0.130. The Hall–Kier alpha value is -1.82. The molecule has 0 aromatic heterocycles. The predicted octanol–water partition coefficient (Wildman–Crippen LogP) is 1.77. The summed E-state index contributed by atoms with van der Waals surface area (Å²) >= 11 is 1.24. The van der Waals surface area contributed by atoms with Gasteiger partial charge in [0.2, 0.25) is 11.8 Å². The minimum Gasteiger partial charge on any atom is -0.481 e. The van der Waals surface area contributed by atoms with E-state index < -0.39 is 17.1 Å². The summed E-state index contributed by atoms with van der Waals surface area (Å²) in [4.78, 5) is 36.1. The van der Waals surface area contributed by atoms with Crippen LogP contribution in [-0.2, 0) is 14.4 Å². The van der Waals surface area contributed by atoms with Crippen molar-refractivity contribution < 1.29 is 19.5 Å². The van der Waals surface area contributed by atoms with Gasteiger partial charge in [0.25, 0.3) is 0 Å². The van der Waals surface area contributed by atoms with Crippen LogP contribution in [0.3, 0.4) is 0 Å². The fourth-order valence-corrected chi connectivity index (χ4v) is 3.09. The number of amides is 2. The van der Waals surface area contributed by atoms with Crippen molar-refractivity contribution in [1.29, 1.82) is 0 Å². The number of hydrogen-bond acceptors (Lipinski definition) is 4. The molecule has 0 aliphatic carbocycles. The van der Waals surface area contributed by atoms with E-state index in [0.29, 0.717) is 11.4 Å². The lowest BCUT2D eigenvalue weighted by molar-refractivity contribution is -0.140. The highest BCUT2D eigenvalue weighted by atomic mass is 32.2. The van der Waals surface area contributed by atoms with Crippen LogP contribution in [0.1, 0.15) is 13.3 Å². The highest BCUT2D eigenvalue weighted by molar-refractivity contribution is 8.00. The molecule has 6 heteroatoms. The van der Waals surface area contributed by atoms with Gasteiger partial charge in [-0.05, 0) is 12.1 Å².